The Kier molecular flexibility index (Phi) is 6.57. The van der Waals surface area contributed by atoms with Crippen LogP contribution in [0.5, 0.6) is 0 Å². The summed E-state index contributed by atoms with van der Waals surface area (Å²) in [6.07, 6.45) is 4.43. The third-order valence-electron chi connectivity index (χ3n) is 4.11. The van der Waals surface area contributed by atoms with Crippen LogP contribution in [0.25, 0.3) is 0 Å². The Labute approximate surface area is 147 Å². The van der Waals surface area contributed by atoms with Crippen LogP contribution in [0.4, 0.5) is 5.69 Å². The molecule has 1 aliphatic carbocycles. The zero-order valence-electron chi connectivity index (χ0n) is 13.0. The average Bonchev–Trinajstić information content (AvgIpc) is 2.96. The molecule has 6 heteroatoms. The number of nitrogens with zero attached hydrogens (tertiary/aromatic N) is 2. The first-order valence-corrected chi connectivity index (χ1v) is 8.67. The number of carbonyl (C=O) groups is 1. The smallest absolute Gasteiger partial charge is 0.277 e. The van der Waals surface area contributed by atoms with Gasteiger partial charge in [-0.05, 0) is 37.4 Å². The number of aromatic nitrogens is 1. The van der Waals surface area contributed by atoms with Crippen molar-refractivity contribution in [1.82, 2.24) is 4.98 Å². The number of anilines is 1. The highest BCUT2D eigenvalue weighted by molar-refractivity contribution is 7.09. The molecule has 0 bridgehead atoms. The van der Waals surface area contributed by atoms with E-state index in [1.54, 1.807) is 0 Å². The number of nitrogens with two attached hydrogens (primary N) is 1. The molecule has 0 unspecified atom stereocenters. The van der Waals surface area contributed by atoms with E-state index in [1.807, 2.05) is 40.6 Å². The molecule has 1 saturated carbocycles. The lowest BCUT2D eigenvalue weighted by Gasteiger charge is -2.32. The molecule has 124 valence electrons. The summed E-state index contributed by atoms with van der Waals surface area (Å²) in [5.41, 5.74) is 7.05. The van der Waals surface area contributed by atoms with E-state index in [0.29, 0.717) is 18.2 Å². The van der Waals surface area contributed by atoms with Crippen molar-refractivity contribution in [3.63, 3.8) is 0 Å². The molecule has 1 aromatic carbocycles. The van der Waals surface area contributed by atoms with Crippen LogP contribution < -0.4 is 10.6 Å². The number of hydrogen-bond acceptors (Lipinski definition) is 4. The van der Waals surface area contributed by atoms with Gasteiger partial charge >= 0.3 is 0 Å². The summed E-state index contributed by atoms with van der Waals surface area (Å²) in [6.45, 7) is 1.35. The maximum atomic E-state index is 12.9. The minimum absolute atomic E-state index is 0. The van der Waals surface area contributed by atoms with Gasteiger partial charge in [0.15, 0.2) is 0 Å². The predicted octanol–water partition coefficient (Wildman–Crippen LogP) is 3.51. The van der Waals surface area contributed by atoms with Gasteiger partial charge < -0.3 is 10.6 Å². The third-order valence-corrected chi connectivity index (χ3v) is 5.02. The molecule has 1 aliphatic rings. The van der Waals surface area contributed by atoms with Gasteiger partial charge in [0, 0.05) is 24.0 Å². The van der Waals surface area contributed by atoms with Crippen LogP contribution in [-0.4, -0.2) is 24.0 Å². The van der Waals surface area contributed by atoms with E-state index in [4.69, 9.17) is 5.73 Å². The number of benzene rings is 1. The van der Waals surface area contributed by atoms with Crippen LogP contribution in [0.15, 0.2) is 35.7 Å². The summed E-state index contributed by atoms with van der Waals surface area (Å²) >= 11 is 1.52. The number of amides is 1. The van der Waals surface area contributed by atoms with E-state index in [1.165, 1.54) is 30.6 Å². The number of carbonyl (C=O) groups excluding carboxylic acids is 1. The minimum atomic E-state index is -0.00220. The summed E-state index contributed by atoms with van der Waals surface area (Å²) in [6, 6.07) is 9.89. The Hall–Kier alpha value is -1.43. The molecule has 1 fully saturated rings. The minimum Gasteiger partial charge on any atom is -0.330 e. The monoisotopic (exact) mass is 351 g/mol. The Balaban J connectivity index is 0.00000192. The van der Waals surface area contributed by atoms with E-state index in [0.717, 1.165) is 23.7 Å². The Morgan fingerprint density at radius 1 is 1.30 bits per heavy atom. The molecule has 0 radical (unpaired) electrons. The molecule has 0 aliphatic heterocycles. The summed E-state index contributed by atoms with van der Waals surface area (Å²) in [7, 11) is 0. The normalized spacial score (nSPS) is 14.0. The van der Waals surface area contributed by atoms with Gasteiger partial charge in [0.2, 0.25) is 0 Å². The summed E-state index contributed by atoms with van der Waals surface area (Å²) < 4.78 is 0. The SMILES string of the molecule is Cl.NCCc1nc(C(=O)N(CC2CCC2)c2ccccc2)cs1. The number of hydrogen-bond donors (Lipinski definition) is 1. The van der Waals surface area contributed by atoms with Crippen LogP contribution >= 0.6 is 23.7 Å². The molecular formula is C17H22ClN3OS. The van der Waals surface area contributed by atoms with Crippen LogP contribution in [0.2, 0.25) is 0 Å². The molecule has 0 atom stereocenters. The molecule has 0 spiro atoms. The zero-order chi connectivity index (χ0) is 15.4. The van der Waals surface area contributed by atoms with Gasteiger partial charge in [0.1, 0.15) is 5.69 Å². The zero-order valence-corrected chi connectivity index (χ0v) is 14.6. The molecule has 2 aromatic rings. The maximum absolute atomic E-state index is 12.9. The van der Waals surface area contributed by atoms with Crippen molar-refractivity contribution < 1.29 is 4.79 Å². The Bertz CT molecular complexity index is 628. The van der Waals surface area contributed by atoms with Gasteiger partial charge in [-0.15, -0.1) is 23.7 Å². The Morgan fingerprint density at radius 2 is 2.04 bits per heavy atom. The Morgan fingerprint density at radius 3 is 2.65 bits per heavy atom. The average molecular weight is 352 g/mol. The fourth-order valence-electron chi connectivity index (χ4n) is 2.63. The van der Waals surface area contributed by atoms with Gasteiger partial charge in [0.05, 0.1) is 5.01 Å². The van der Waals surface area contributed by atoms with E-state index < -0.39 is 0 Å². The van der Waals surface area contributed by atoms with Gasteiger partial charge in [0.25, 0.3) is 5.91 Å². The van der Waals surface area contributed by atoms with Gasteiger partial charge in [-0.1, -0.05) is 24.6 Å². The number of halogens is 1. The fourth-order valence-corrected chi connectivity index (χ4v) is 3.42. The van der Waals surface area contributed by atoms with Crippen molar-refractivity contribution in [2.24, 2.45) is 11.7 Å². The number of thiazole rings is 1. The number of para-hydroxylation sites is 1. The summed E-state index contributed by atoms with van der Waals surface area (Å²) in [4.78, 5) is 19.2. The summed E-state index contributed by atoms with van der Waals surface area (Å²) in [5, 5.41) is 2.78. The molecule has 1 aromatic heterocycles. The van der Waals surface area contributed by atoms with Crippen molar-refractivity contribution in [2.75, 3.05) is 18.0 Å². The van der Waals surface area contributed by atoms with Gasteiger partial charge in [-0.2, -0.15) is 0 Å². The quantitative estimate of drug-likeness (QED) is 0.866. The van der Waals surface area contributed by atoms with Crippen molar-refractivity contribution in [1.29, 1.82) is 0 Å². The van der Waals surface area contributed by atoms with Gasteiger partial charge in [-0.3, -0.25) is 4.79 Å². The second-order valence-electron chi connectivity index (χ2n) is 5.71. The van der Waals surface area contributed by atoms with Crippen molar-refractivity contribution >= 4 is 35.3 Å². The van der Waals surface area contributed by atoms with E-state index >= 15 is 0 Å². The van der Waals surface area contributed by atoms with Crippen molar-refractivity contribution in [3.05, 3.63) is 46.4 Å². The van der Waals surface area contributed by atoms with E-state index in [-0.39, 0.29) is 18.3 Å². The summed E-state index contributed by atoms with van der Waals surface area (Å²) in [5.74, 6) is 0.615. The lowest BCUT2D eigenvalue weighted by atomic mass is 9.85. The predicted molar refractivity (Wildman–Crippen MR) is 97.6 cm³/mol. The van der Waals surface area contributed by atoms with E-state index in [2.05, 4.69) is 4.98 Å². The second kappa shape index (κ2) is 8.43. The molecule has 4 nitrogen and oxygen atoms in total. The highest BCUT2D eigenvalue weighted by Gasteiger charge is 2.26. The first kappa shape index (κ1) is 17.9. The lowest BCUT2D eigenvalue weighted by molar-refractivity contribution is 0.0973. The van der Waals surface area contributed by atoms with Crippen LogP contribution in [-0.2, 0) is 6.42 Å². The molecule has 1 amide bonds. The standard InChI is InChI=1S/C17H21N3OS.ClH/c18-10-9-16-19-15(12-22-16)17(21)20(11-13-5-4-6-13)14-7-2-1-3-8-14;/h1-3,7-8,12-13H,4-6,9-11,18H2;1H. The molecular weight excluding hydrogens is 330 g/mol. The second-order valence-corrected chi connectivity index (χ2v) is 6.66. The first-order valence-electron chi connectivity index (χ1n) is 7.79. The van der Waals surface area contributed by atoms with E-state index in [9.17, 15) is 4.79 Å². The highest BCUT2D eigenvalue weighted by atomic mass is 35.5. The van der Waals surface area contributed by atoms with Crippen LogP contribution in [0.3, 0.4) is 0 Å². The van der Waals surface area contributed by atoms with Crippen molar-refractivity contribution in [2.45, 2.75) is 25.7 Å². The molecule has 23 heavy (non-hydrogen) atoms. The van der Waals surface area contributed by atoms with Crippen molar-refractivity contribution in [3.8, 4) is 0 Å². The molecule has 0 saturated heterocycles. The third kappa shape index (κ3) is 4.31. The van der Waals surface area contributed by atoms with Crippen LogP contribution in [0.1, 0.15) is 34.8 Å². The highest BCUT2D eigenvalue weighted by Crippen LogP contribution is 2.30. The van der Waals surface area contributed by atoms with Gasteiger partial charge in [-0.25, -0.2) is 4.98 Å². The molecule has 1 heterocycles. The topological polar surface area (TPSA) is 59.2 Å². The van der Waals surface area contributed by atoms with Crippen LogP contribution in [0, 0.1) is 5.92 Å². The number of rotatable bonds is 6. The largest absolute Gasteiger partial charge is 0.330 e. The molecule has 2 N–H and O–H groups in total. The maximum Gasteiger partial charge on any atom is 0.277 e. The molecule has 3 rings (SSSR count). The lowest BCUT2D eigenvalue weighted by Crippen LogP contribution is -2.37. The first-order chi connectivity index (χ1) is 10.8. The fraction of sp³-hybridized carbons (Fsp3) is 0.412.